The standard InChI is InChI=1S/C17H21N5OS/c1-12(24-13-5-3-2-4-6-13)16(23)22-9-7-17(8-10-22)11-14(17)15-18-20-21-19-15/h2-6,12,14H,7-11H2,1H3,(H,18,19,20,21). The number of likely N-dealkylation sites (tertiary alicyclic amines) is 1. The monoisotopic (exact) mass is 343 g/mol. The third kappa shape index (κ3) is 2.92. The van der Waals surface area contributed by atoms with Crippen molar-refractivity contribution in [2.45, 2.75) is 42.2 Å². The molecule has 126 valence electrons. The average Bonchev–Trinajstić information content (AvgIpc) is 3.06. The number of hydrogen-bond donors (Lipinski definition) is 1. The van der Waals surface area contributed by atoms with Crippen LogP contribution in [0.2, 0.25) is 0 Å². The number of nitrogens with one attached hydrogen (secondary N) is 1. The zero-order valence-corrected chi connectivity index (χ0v) is 14.5. The molecule has 0 radical (unpaired) electrons. The molecule has 4 rings (SSSR count). The number of rotatable bonds is 4. The minimum Gasteiger partial charge on any atom is -0.342 e. The van der Waals surface area contributed by atoms with E-state index in [4.69, 9.17) is 0 Å². The molecule has 1 amide bonds. The molecule has 6 nitrogen and oxygen atoms in total. The van der Waals surface area contributed by atoms with Gasteiger partial charge in [-0.05, 0) is 43.7 Å². The Morgan fingerprint density at radius 1 is 1.33 bits per heavy atom. The summed E-state index contributed by atoms with van der Waals surface area (Å²) in [6, 6.07) is 10.1. The lowest BCUT2D eigenvalue weighted by Crippen LogP contribution is -2.43. The summed E-state index contributed by atoms with van der Waals surface area (Å²) in [7, 11) is 0. The normalized spacial score (nSPS) is 23.2. The smallest absolute Gasteiger partial charge is 0.235 e. The quantitative estimate of drug-likeness (QED) is 0.863. The summed E-state index contributed by atoms with van der Waals surface area (Å²) >= 11 is 1.64. The van der Waals surface area contributed by atoms with E-state index in [9.17, 15) is 4.79 Å². The van der Waals surface area contributed by atoms with Gasteiger partial charge in [0, 0.05) is 23.9 Å². The predicted octanol–water partition coefficient (Wildman–Crippen LogP) is 2.48. The maximum absolute atomic E-state index is 12.7. The number of tetrazole rings is 1. The van der Waals surface area contributed by atoms with Crippen LogP contribution in [0.15, 0.2) is 35.2 Å². The first-order chi connectivity index (χ1) is 11.7. The molecule has 2 aliphatic rings. The van der Waals surface area contributed by atoms with Gasteiger partial charge in [0.15, 0.2) is 5.82 Å². The molecule has 1 saturated heterocycles. The van der Waals surface area contributed by atoms with Crippen LogP contribution in [0.4, 0.5) is 0 Å². The van der Waals surface area contributed by atoms with Crippen LogP contribution in [0.25, 0.3) is 0 Å². The highest BCUT2D eigenvalue weighted by molar-refractivity contribution is 8.00. The van der Waals surface area contributed by atoms with Crippen molar-refractivity contribution in [2.75, 3.05) is 13.1 Å². The van der Waals surface area contributed by atoms with E-state index in [2.05, 4.69) is 32.8 Å². The molecule has 1 aromatic heterocycles. The average molecular weight is 343 g/mol. The lowest BCUT2D eigenvalue weighted by atomic mass is 9.90. The maximum atomic E-state index is 12.7. The van der Waals surface area contributed by atoms with E-state index >= 15 is 0 Å². The first-order valence-corrected chi connectivity index (χ1v) is 9.30. The Balaban J connectivity index is 1.32. The van der Waals surface area contributed by atoms with Crippen molar-refractivity contribution in [1.82, 2.24) is 25.5 Å². The lowest BCUT2D eigenvalue weighted by Gasteiger charge is -2.34. The Labute approximate surface area is 145 Å². The van der Waals surface area contributed by atoms with Crippen molar-refractivity contribution in [2.24, 2.45) is 5.41 Å². The molecule has 2 unspecified atom stereocenters. The fourth-order valence-corrected chi connectivity index (χ4v) is 4.74. The third-order valence-corrected chi connectivity index (χ3v) is 6.44. The van der Waals surface area contributed by atoms with Crippen LogP contribution >= 0.6 is 11.8 Å². The summed E-state index contributed by atoms with van der Waals surface area (Å²) in [6.45, 7) is 3.68. The second-order valence-corrected chi connectivity index (χ2v) is 8.20. The van der Waals surface area contributed by atoms with Gasteiger partial charge in [0.25, 0.3) is 0 Å². The van der Waals surface area contributed by atoms with Crippen LogP contribution < -0.4 is 0 Å². The second kappa shape index (κ2) is 6.20. The lowest BCUT2D eigenvalue weighted by molar-refractivity contribution is -0.131. The van der Waals surface area contributed by atoms with Gasteiger partial charge in [0.05, 0.1) is 5.25 Å². The maximum Gasteiger partial charge on any atom is 0.235 e. The van der Waals surface area contributed by atoms with Gasteiger partial charge >= 0.3 is 0 Å². The summed E-state index contributed by atoms with van der Waals surface area (Å²) in [4.78, 5) is 15.9. The number of piperidine rings is 1. The number of amides is 1. The van der Waals surface area contributed by atoms with E-state index in [0.29, 0.717) is 11.3 Å². The van der Waals surface area contributed by atoms with Gasteiger partial charge in [-0.25, -0.2) is 0 Å². The molecular weight excluding hydrogens is 322 g/mol. The molecule has 1 aliphatic heterocycles. The van der Waals surface area contributed by atoms with Crippen LogP contribution in [-0.4, -0.2) is 49.8 Å². The van der Waals surface area contributed by atoms with Gasteiger partial charge in [-0.2, -0.15) is 5.21 Å². The van der Waals surface area contributed by atoms with Gasteiger partial charge in [-0.15, -0.1) is 22.0 Å². The fourth-order valence-electron chi connectivity index (χ4n) is 3.77. The number of aromatic nitrogens is 4. The first kappa shape index (κ1) is 15.6. The van der Waals surface area contributed by atoms with E-state index in [1.165, 1.54) is 0 Å². The molecule has 1 spiro atoms. The van der Waals surface area contributed by atoms with E-state index in [1.54, 1.807) is 11.8 Å². The zero-order valence-electron chi connectivity index (χ0n) is 13.7. The number of carbonyl (C=O) groups is 1. The minimum absolute atomic E-state index is 0.0475. The molecule has 1 aliphatic carbocycles. The van der Waals surface area contributed by atoms with E-state index in [1.807, 2.05) is 30.0 Å². The summed E-state index contributed by atoms with van der Waals surface area (Å²) in [5, 5.41) is 14.4. The van der Waals surface area contributed by atoms with Crippen LogP contribution in [0, 0.1) is 5.41 Å². The molecule has 1 saturated carbocycles. The first-order valence-electron chi connectivity index (χ1n) is 8.42. The molecule has 2 aromatic rings. The summed E-state index contributed by atoms with van der Waals surface area (Å²) in [5.74, 6) is 1.50. The molecule has 2 atom stereocenters. The minimum atomic E-state index is -0.0475. The number of H-pyrrole nitrogens is 1. The van der Waals surface area contributed by atoms with Gasteiger partial charge in [0.2, 0.25) is 5.91 Å². The summed E-state index contributed by atoms with van der Waals surface area (Å²) in [6.07, 6.45) is 3.21. The van der Waals surface area contributed by atoms with Crippen molar-refractivity contribution in [1.29, 1.82) is 0 Å². The van der Waals surface area contributed by atoms with Crippen LogP contribution in [0.3, 0.4) is 0 Å². The number of carbonyl (C=O) groups excluding carboxylic acids is 1. The van der Waals surface area contributed by atoms with Gasteiger partial charge in [-0.1, -0.05) is 23.4 Å². The highest BCUT2D eigenvalue weighted by atomic mass is 32.2. The molecule has 2 heterocycles. The number of hydrogen-bond acceptors (Lipinski definition) is 5. The SMILES string of the molecule is CC(Sc1ccccc1)C(=O)N1CCC2(CC1)CC2c1nn[nH]n1. The van der Waals surface area contributed by atoms with Crippen molar-refractivity contribution >= 4 is 17.7 Å². The van der Waals surface area contributed by atoms with Gasteiger partial charge in [-0.3, -0.25) is 4.79 Å². The second-order valence-electron chi connectivity index (χ2n) is 6.79. The highest BCUT2D eigenvalue weighted by Gasteiger charge is 2.57. The number of nitrogens with zero attached hydrogens (tertiary/aromatic N) is 4. The Kier molecular flexibility index (Phi) is 4.04. The predicted molar refractivity (Wildman–Crippen MR) is 91.5 cm³/mol. The topological polar surface area (TPSA) is 74.8 Å². The molecule has 24 heavy (non-hydrogen) atoms. The number of aromatic amines is 1. The Hall–Kier alpha value is -1.89. The van der Waals surface area contributed by atoms with Crippen LogP contribution in [0.5, 0.6) is 0 Å². The third-order valence-electron chi connectivity index (χ3n) is 5.34. The molecule has 2 fully saturated rings. The van der Waals surface area contributed by atoms with E-state index in [0.717, 1.165) is 43.1 Å². The van der Waals surface area contributed by atoms with Crippen molar-refractivity contribution in [3.8, 4) is 0 Å². The van der Waals surface area contributed by atoms with Crippen LogP contribution in [0.1, 0.15) is 37.9 Å². The fraction of sp³-hybridized carbons (Fsp3) is 0.529. The Bertz CT molecular complexity index is 697. The highest BCUT2D eigenvalue weighted by Crippen LogP contribution is 2.64. The van der Waals surface area contributed by atoms with Crippen LogP contribution in [-0.2, 0) is 4.79 Å². The van der Waals surface area contributed by atoms with Crippen molar-refractivity contribution < 1.29 is 4.79 Å². The Morgan fingerprint density at radius 3 is 2.75 bits per heavy atom. The zero-order chi connectivity index (χ0) is 16.6. The molecule has 1 aromatic carbocycles. The largest absolute Gasteiger partial charge is 0.342 e. The molecular formula is C17H21N5OS. The number of benzene rings is 1. The van der Waals surface area contributed by atoms with Gasteiger partial charge < -0.3 is 4.90 Å². The summed E-state index contributed by atoms with van der Waals surface area (Å²) in [5.41, 5.74) is 0.302. The van der Waals surface area contributed by atoms with Gasteiger partial charge in [0.1, 0.15) is 0 Å². The van der Waals surface area contributed by atoms with E-state index < -0.39 is 0 Å². The van der Waals surface area contributed by atoms with Crippen molar-refractivity contribution in [3.63, 3.8) is 0 Å². The molecule has 7 heteroatoms. The molecule has 1 N–H and O–H groups in total. The summed E-state index contributed by atoms with van der Waals surface area (Å²) < 4.78 is 0. The Morgan fingerprint density at radius 2 is 2.08 bits per heavy atom. The number of thioether (sulfide) groups is 1. The molecule has 0 bridgehead atoms. The van der Waals surface area contributed by atoms with E-state index in [-0.39, 0.29) is 11.2 Å². The van der Waals surface area contributed by atoms with Crippen molar-refractivity contribution in [3.05, 3.63) is 36.2 Å².